The zero-order valence-electron chi connectivity index (χ0n) is 15.0. The van der Waals surface area contributed by atoms with Crippen molar-refractivity contribution in [2.24, 2.45) is 0 Å². The number of amides is 1. The van der Waals surface area contributed by atoms with Crippen LogP contribution in [-0.4, -0.2) is 38.5 Å². The number of carbonyl (C=O) groups excluding carboxylic acids is 1. The molecule has 7 heteroatoms. The van der Waals surface area contributed by atoms with Gasteiger partial charge in [0.1, 0.15) is 5.76 Å². The molecule has 1 saturated heterocycles. The van der Waals surface area contributed by atoms with E-state index < -0.39 is 0 Å². The second-order valence-corrected chi connectivity index (χ2v) is 6.92. The van der Waals surface area contributed by atoms with Crippen LogP contribution in [0.4, 0.5) is 0 Å². The SMILES string of the molecule is Cc1nc2cc(=O)[nH]n2c(C)c1CCC(=O)N1CCC(c2ccco2)C1. The number of aryl methyl sites for hydroxylation is 2. The Kier molecular flexibility index (Phi) is 4.14. The van der Waals surface area contributed by atoms with E-state index >= 15 is 0 Å². The number of H-pyrrole nitrogens is 1. The van der Waals surface area contributed by atoms with E-state index in [9.17, 15) is 9.59 Å². The summed E-state index contributed by atoms with van der Waals surface area (Å²) in [6.45, 7) is 5.35. The highest BCUT2D eigenvalue weighted by Crippen LogP contribution is 2.28. The zero-order valence-corrected chi connectivity index (χ0v) is 15.0. The van der Waals surface area contributed by atoms with E-state index in [4.69, 9.17) is 4.42 Å². The van der Waals surface area contributed by atoms with Crippen LogP contribution >= 0.6 is 0 Å². The standard InChI is InChI=1S/C19H22N4O3/c1-12-15(13(2)23-17(20-12)10-18(24)21-23)5-6-19(25)22-8-7-14(11-22)16-4-3-9-26-16/h3-4,9-10,14H,5-8,11H2,1-2H3,(H,21,24). The van der Waals surface area contributed by atoms with Crippen LogP contribution < -0.4 is 5.56 Å². The second-order valence-electron chi connectivity index (χ2n) is 6.92. The first-order valence-corrected chi connectivity index (χ1v) is 8.92. The molecule has 1 unspecified atom stereocenters. The van der Waals surface area contributed by atoms with Gasteiger partial charge < -0.3 is 9.32 Å². The van der Waals surface area contributed by atoms with Gasteiger partial charge >= 0.3 is 0 Å². The van der Waals surface area contributed by atoms with Crippen molar-refractivity contribution in [3.05, 3.63) is 57.5 Å². The van der Waals surface area contributed by atoms with Gasteiger partial charge in [0.05, 0.1) is 6.26 Å². The number of hydrogen-bond donors (Lipinski definition) is 1. The number of hydrogen-bond acceptors (Lipinski definition) is 4. The van der Waals surface area contributed by atoms with Crippen molar-refractivity contribution >= 4 is 11.6 Å². The van der Waals surface area contributed by atoms with Crippen LogP contribution in [0.25, 0.3) is 5.65 Å². The first-order valence-electron chi connectivity index (χ1n) is 8.92. The first-order chi connectivity index (χ1) is 12.5. The quantitative estimate of drug-likeness (QED) is 0.778. The molecule has 4 heterocycles. The van der Waals surface area contributed by atoms with E-state index in [1.54, 1.807) is 10.8 Å². The Bertz CT molecular complexity index is 1000. The fraction of sp³-hybridized carbons (Fsp3) is 0.421. The number of aromatic amines is 1. The van der Waals surface area contributed by atoms with Gasteiger partial charge in [-0.2, -0.15) is 0 Å². The van der Waals surface area contributed by atoms with E-state index in [1.807, 2.05) is 30.9 Å². The maximum absolute atomic E-state index is 12.6. The van der Waals surface area contributed by atoms with Gasteiger partial charge in [-0.3, -0.25) is 14.7 Å². The topological polar surface area (TPSA) is 83.6 Å². The molecule has 136 valence electrons. The van der Waals surface area contributed by atoms with Gasteiger partial charge in [-0.05, 0) is 44.4 Å². The molecule has 1 atom stereocenters. The summed E-state index contributed by atoms with van der Waals surface area (Å²) in [6, 6.07) is 5.35. The molecule has 3 aromatic rings. The van der Waals surface area contributed by atoms with Crippen molar-refractivity contribution in [2.45, 2.75) is 39.0 Å². The summed E-state index contributed by atoms with van der Waals surface area (Å²) in [5.41, 5.74) is 3.25. The van der Waals surface area contributed by atoms with Gasteiger partial charge in [0.25, 0.3) is 5.56 Å². The Hall–Kier alpha value is -2.83. The first kappa shape index (κ1) is 16.6. The van der Waals surface area contributed by atoms with Crippen LogP contribution in [0.5, 0.6) is 0 Å². The van der Waals surface area contributed by atoms with E-state index in [0.29, 0.717) is 31.0 Å². The monoisotopic (exact) mass is 354 g/mol. The highest BCUT2D eigenvalue weighted by atomic mass is 16.3. The van der Waals surface area contributed by atoms with Gasteiger partial charge in [0.15, 0.2) is 5.65 Å². The molecule has 26 heavy (non-hydrogen) atoms. The predicted molar refractivity (Wildman–Crippen MR) is 96.3 cm³/mol. The normalized spacial score (nSPS) is 17.3. The summed E-state index contributed by atoms with van der Waals surface area (Å²) in [5.74, 6) is 1.40. The molecule has 1 fully saturated rings. The van der Waals surface area contributed by atoms with Crippen LogP contribution in [0.3, 0.4) is 0 Å². The van der Waals surface area contributed by atoms with Crippen LogP contribution in [-0.2, 0) is 11.2 Å². The van der Waals surface area contributed by atoms with Gasteiger partial charge in [-0.15, -0.1) is 0 Å². The van der Waals surface area contributed by atoms with Gasteiger partial charge in [0.2, 0.25) is 5.91 Å². The minimum Gasteiger partial charge on any atom is -0.469 e. The molecule has 0 aliphatic carbocycles. The molecule has 4 rings (SSSR count). The van der Waals surface area contributed by atoms with Crippen LogP contribution in [0.2, 0.25) is 0 Å². The molecule has 0 bridgehead atoms. The second kappa shape index (κ2) is 6.48. The Morgan fingerprint density at radius 1 is 1.42 bits per heavy atom. The summed E-state index contributed by atoms with van der Waals surface area (Å²) >= 11 is 0. The van der Waals surface area contributed by atoms with E-state index in [2.05, 4.69) is 10.1 Å². The highest BCUT2D eigenvalue weighted by molar-refractivity contribution is 5.77. The molecular formula is C19H22N4O3. The third kappa shape index (κ3) is 2.94. The summed E-state index contributed by atoms with van der Waals surface area (Å²) in [4.78, 5) is 30.6. The average Bonchev–Trinajstić information content (AvgIpc) is 3.34. The van der Waals surface area contributed by atoms with E-state index in [0.717, 1.165) is 35.7 Å². The molecule has 1 amide bonds. The van der Waals surface area contributed by atoms with Crippen molar-refractivity contribution < 1.29 is 9.21 Å². The minimum absolute atomic E-state index is 0.152. The molecule has 0 radical (unpaired) electrons. The molecule has 1 aliphatic rings. The lowest BCUT2D eigenvalue weighted by Crippen LogP contribution is -2.28. The smallest absolute Gasteiger partial charge is 0.266 e. The molecule has 7 nitrogen and oxygen atoms in total. The molecule has 0 aromatic carbocycles. The lowest BCUT2D eigenvalue weighted by Gasteiger charge is -2.17. The number of nitrogens with one attached hydrogen (secondary N) is 1. The van der Waals surface area contributed by atoms with Gasteiger partial charge in [0, 0.05) is 42.9 Å². The maximum atomic E-state index is 12.6. The van der Waals surface area contributed by atoms with Crippen LogP contribution in [0.15, 0.2) is 33.7 Å². The number of nitrogens with zero attached hydrogens (tertiary/aromatic N) is 3. The summed E-state index contributed by atoms with van der Waals surface area (Å²) < 4.78 is 7.16. The fourth-order valence-electron chi connectivity index (χ4n) is 3.85. The van der Waals surface area contributed by atoms with Crippen LogP contribution in [0.1, 0.15) is 41.5 Å². The Balaban J connectivity index is 1.45. The van der Waals surface area contributed by atoms with Gasteiger partial charge in [-0.1, -0.05) is 0 Å². The third-order valence-electron chi connectivity index (χ3n) is 5.28. The van der Waals surface area contributed by atoms with Crippen molar-refractivity contribution in [1.82, 2.24) is 19.5 Å². The number of rotatable bonds is 4. The Labute approximate surface area is 150 Å². The number of fused-ring (bicyclic) bond motifs is 1. The number of carbonyl (C=O) groups is 1. The van der Waals surface area contributed by atoms with Crippen molar-refractivity contribution in [1.29, 1.82) is 0 Å². The molecular weight excluding hydrogens is 332 g/mol. The molecule has 3 aromatic heterocycles. The largest absolute Gasteiger partial charge is 0.469 e. The number of likely N-dealkylation sites (tertiary alicyclic amines) is 1. The molecule has 1 aliphatic heterocycles. The molecule has 0 saturated carbocycles. The predicted octanol–water partition coefficient (Wildman–Crippen LogP) is 2.18. The lowest BCUT2D eigenvalue weighted by atomic mass is 10.1. The zero-order chi connectivity index (χ0) is 18.3. The van der Waals surface area contributed by atoms with Crippen LogP contribution in [0, 0.1) is 13.8 Å². The van der Waals surface area contributed by atoms with Crippen molar-refractivity contribution in [3.63, 3.8) is 0 Å². The third-order valence-corrected chi connectivity index (χ3v) is 5.28. The average molecular weight is 354 g/mol. The van der Waals surface area contributed by atoms with Gasteiger partial charge in [-0.25, -0.2) is 9.50 Å². The Morgan fingerprint density at radius 2 is 2.27 bits per heavy atom. The fourth-order valence-corrected chi connectivity index (χ4v) is 3.85. The summed E-state index contributed by atoms with van der Waals surface area (Å²) in [5, 5.41) is 2.75. The van der Waals surface area contributed by atoms with Crippen molar-refractivity contribution in [3.8, 4) is 0 Å². The number of aromatic nitrogens is 3. The molecule has 0 spiro atoms. The summed E-state index contributed by atoms with van der Waals surface area (Å²) in [6.07, 6.45) is 3.67. The maximum Gasteiger partial charge on any atom is 0.266 e. The van der Waals surface area contributed by atoms with E-state index in [-0.39, 0.29) is 11.5 Å². The molecule has 1 N–H and O–H groups in total. The highest BCUT2D eigenvalue weighted by Gasteiger charge is 2.28. The minimum atomic E-state index is -0.172. The number of furan rings is 1. The lowest BCUT2D eigenvalue weighted by molar-refractivity contribution is -0.130. The van der Waals surface area contributed by atoms with Crippen molar-refractivity contribution in [2.75, 3.05) is 13.1 Å². The van der Waals surface area contributed by atoms with E-state index in [1.165, 1.54) is 6.07 Å². The Morgan fingerprint density at radius 3 is 3.04 bits per heavy atom. The summed E-state index contributed by atoms with van der Waals surface area (Å²) in [7, 11) is 0.